The third-order valence-electron chi connectivity index (χ3n) is 2.99. The lowest BCUT2D eigenvalue weighted by Crippen LogP contribution is -2.00. The van der Waals surface area contributed by atoms with Crippen molar-refractivity contribution in [3.8, 4) is 0 Å². The van der Waals surface area contributed by atoms with Gasteiger partial charge in [-0.2, -0.15) is 0 Å². The molecule has 0 bridgehead atoms. The number of hydrogen-bond donors (Lipinski definition) is 1. The van der Waals surface area contributed by atoms with Crippen LogP contribution >= 0.6 is 11.6 Å². The molecule has 2 aromatic rings. The maximum Gasteiger partial charge on any atom is 0.0598 e. The second kappa shape index (κ2) is 5.76. The third-order valence-corrected chi connectivity index (χ3v) is 4.83. The van der Waals surface area contributed by atoms with Crippen LogP contribution in [0.4, 0.5) is 5.69 Å². The molecule has 0 saturated carbocycles. The Morgan fingerprint density at radius 3 is 2.63 bits per heavy atom. The van der Waals surface area contributed by atoms with E-state index in [0.29, 0.717) is 21.4 Å². The van der Waals surface area contributed by atoms with Gasteiger partial charge in [-0.05, 0) is 43.2 Å². The largest absolute Gasteiger partial charge is 0.399 e. The van der Waals surface area contributed by atoms with Crippen LogP contribution in [0.15, 0.2) is 41.3 Å². The standard InChI is InChI=1S/C15H16ClNOS/c1-10-3-4-11(2)12(7-10)9-19(18)15-8-13(17)5-6-14(15)16/h3-8H,9,17H2,1-2H3. The molecule has 0 fully saturated rings. The van der Waals surface area contributed by atoms with E-state index in [9.17, 15) is 4.21 Å². The molecule has 1 atom stereocenters. The minimum atomic E-state index is -1.19. The highest BCUT2D eigenvalue weighted by atomic mass is 35.5. The first-order valence-electron chi connectivity index (χ1n) is 5.97. The second-order valence-corrected chi connectivity index (χ2v) is 6.44. The summed E-state index contributed by atoms with van der Waals surface area (Å²) >= 11 is 6.08. The molecule has 4 heteroatoms. The van der Waals surface area contributed by atoms with Crippen LogP contribution in [0.2, 0.25) is 5.02 Å². The number of halogens is 1. The van der Waals surface area contributed by atoms with Crippen molar-refractivity contribution in [3.05, 3.63) is 58.1 Å². The summed E-state index contributed by atoms with van der Waals surface area (Å²) in [6.07, 6.45) is 0. The topological polar surface area (TPSA) is 43.1 Å². The van der Waals surface area contributed by atoms with E-state index in [2.05, 4.69) is 12.1 Å². The normalized spacial score (nSPS) is 12.4. The van der Waals surface area contributed by atoms with E-state index in [1.54, 1.807) is 18.2 Å². The Hall–Kier alpha value is -1.32. The van der Waals surface area contributed by atoms with Crippen molar-refractivity contribution in [2.24, 2.45) is 0 Å². The van der Waals surface area contributed by atoms with Gasteiger partial charge in [0.2, 0.25) is 0 Å². The predicted octanol–water partition coefficient (Wildman–Crippen LogP) is 3.85. The molecule has 0 radical (unpaired) electrons. The fraction of sp³-hybridized carbons (Fsp3) is 0.200. The van der Waals surface area contributed by atoms with Gasteiger partial charge < -0.3 is 5.73 Å². The Kier molecular flexibility index (Phi) is 4.27. The zero-order valence-electron chi connectivity index (χ0n) is 10.9. The molecule has 0 spiro atoms. The van der Waals surface area contributed by atoms with Gasteiger partial charge in [-0.25, -0.2) is 0 Å². The van der Waals surface area contributed by atoms with Crippen LogP contribution in [0, 0.1) is 13.8 Å². The molecule has 19 heavy (non-hydrogen) atoms. The minimum Gasteiger partial charge on any atom is -0.399 e. The lowest BCUT2D eigenvalue weighted by Gasteiger charge is -2.09. The van der Waals surface area contributed by atoms with E-state index in [1.165, 1.54) is 0 Å². The van der Waals surface area contributed by atoms with Crippen molar-refractivity contribution in [1.82, 2.24) is 0 Å². The van der Waals surface area contributed by atoms with Gasteiger partial charge in [0.25, 0.3) is 0 Å². The monoisotopic (exact) mass is 293 g/mol. The maximum absolute atomic E-state index is 12.4. The fourth-order valence-electron chi connectivity index (χ4n) is 1.87. The molecule has 0 aliphatic rings. The van der Waals surface area contributed by atoms with E-state index < -0.39 is 10.8 Å². The molecule has 2 nitrogen and oxygen atoms in total. The van der Waals surface area contributed by atoms with Gasteiger partial charge in [-0.1, -0.05) is 35.4 Å². The average molecular weight is 294 g/mol. The van der Waals surface area contributed by atoms with Crippen LogP contribution in [0.25, 0.3) is 0 Å². The summed E-state index contributed by atoms with van der Waals surface area (Å²) in [5.41, 5.74) is 9.68. The van der Waals surface area contributed by atoms with Crippen LogP contribution in [-0.2, 0) is 16.6 Å². The molecular formula is C15H16ClNOS. The molecule has 100 valence electrons. The SMILES string of the molecule is Cc1ccc(C)c(CS(=O)c2cc(N)ccc2Cl)c1. The first-order chi connectivity index (χ1) is 8.97. The van der Waals surface area contributed by atoms with Gasteiger partial charge in [-0.3, -0.25) is 4.21 Å². The van der Waals surface area contributed by atoms with Crippen molar-refractivity contribution in [3.63, 3.8) is 0 Å². The molecule has 2 aromatic carbocycles. The highest BCUT2D eigenvalue weighted by Gasteiger charge is 2.11. The van der Waals surface area contributed by atoms with Crippen LogP contribution in [0.3, 0.4) is 0 Å². The molecule has 0 aliphatic carbocycles. The van der Waals surface area contributed by atoms with Crippen molar-refractivity contribution in [1.29, 1.82) is 0 Å². The molecule has 0 aromatic heterocycles. The zero-order chi connectivity index (χ0) is 14.0. The molecule has 2 N–H and O–H groups in total. The average Bonchev–Trinajstić information content (AvgIpc) is 2.36. The Morgan fingerprint density at radius 1 is 1.16 bits per heavy atom. The summed E-state index contributed by atoms with van der Waals surface area (Å²) < 4.78 is 12.4. The summed E-state index contributed by atoms with van der Waals surface area (Å²) in [6, 6.07) is 11.2. The minimum absolute atomic E-state index is 0.455. The lowest BCUT2D eigenvalue weighted by molar-refractivity contribution is 0.682. The van der Waals surface area contributed by atoms with Crippen molar-refractivity contribution >= 4 is 28.1 Å². The number of rotatable bonds is 3. The van der Waals surface area contributed by atoms with Crippen LogP contribution < -0.4 is 5.73 Å². The lowest BCUT2D eigenvalue weighted by atomic mass is 10.1. The fourth-order valence-corrected chi connectivity index (χ4v) is 3.55. The summed E-state index contributed by atoms with van der Waals surface area (Å²) in [4.78, 5) is 0.600. The van der Waals surface area contributed by atoms with Gasteiger partial charge >= 0.3 is 0 Å². The predicted molar refractivity (Wildman–Crippen MR) is 81.9 cm³/mol. The highest BCUT2D eigenvalue weighted by Crippen LogP contribution is 2.25. The van der Waals surface area contributed by atoms with Gasteiger partial charge in [0.1, 0.15) is 0 Å². The van der Waals surface area contributed by atoms with Gasteiger partial charge in [0, 0.05) is 5.69 Å². The van der Waals surface area contributed by atoms with E-state index in [-0.39, 0.29) is 0 Å². The van der Waals surface area contributed by atoms with Gasteiger partial charge in [0.05, 0.1) is 26.5 Å². The number of anilines is 1. The van der Waals surface area contributed by atoms with E-state index >= 15 is 0 Å². The van der Waals surface area contributed by atoms with Crippen LogP contribution in [-0.4, -0.2) is 4.21 Å². The number of aryl methyl sites for hydroxylation is 2. The Labute approximate surface area is 121 Å². The molecule has 0 saturated heterocycles. The molecular weight excluding hydrogens is 278 g/mol. The van der Waals surface area contributed by atoms with Gasteiger partial charge in [0.15, 0.2) is 0 Å². The molecule has 2 rings (SSSR count). The Balaban J connectivity index is 2.30. The first-order valence-corrected chi connectivity index (χ1v) is 7.66. The summed E-state index contributed by atoms with van der Waals surface area (Å²) in [7, 11) is -1.19. The molecule has 1 unspecified atom stereocenters. The molecule has 0 amide bonds. The maximum atomic E-state index is 12.4. The smallest absolute Gasteiger partial charge is 0.0598 e. The van der Waals surface area contributed by atoms with Crippen LogP contribution in [0.5, 0.6) is 0 Å². The number of nitrogen functional groups attached to an aromatic ring is 1. The summed E-state index contributed by atoms with van der Waals surface area (Å²) in [6.45, 7) is 4.05. The number of nitrogens with two attached hydrogens (primary N) is 1. The van der Waals surface area contributed by atoms with Gasteiger partial charge in [-0.15, -0.1) is 0 Å². The highest BCUT2D eigenvalue weighted by molar-refractivity contribution is 7.84. The number of benzene rings is 2. The Bertz CT molecular complexity index is 640. The van der Waals surface area contributed by atoms with E-state index in [0.717, 1.165) is 16.7 Å². The van der Waals surface area contributed by atoms with E-state index in [1.807, 2.05) is 19.9 Å². The third kappa shape index (κ3) is 3.37. The van der Waals surface area contributed by atoms with Crippen LogP contribution in [0.1, 0.15) is 16.7 Å². The van der Waals surface area contributed by atoms with Crippen molar-refractivity contribution in [2.45, 2.75) is 24.5 Å². The zero-order valence-corrected chi connectivity index (χ0v) is 12.5. The van der Waals surface area contributed by atoms with Crippen molar-refractivity contribution < 1.29 is 4.21 Å². The summed E-state index contributed by atoms with van der Waals surface area (Å²) in [5, 5.41) is 0.498. The molecule has 0 heterocycles. The first kappa shape index (κ1) is 14.1. The quantitative estimate of drug-likeness (QED) is 0.874. The number of hydrogen-bond acceptors (Lipinski definition) is 2. The second-order valence-electron chi connectivity index (χ2n) is 4.61. The molecule has 0 aliphatic heterocycles. The Morgan fingerprint density at radius 2 is 1.89 bits per heavy atom. The summed E-state index contributed by atoms with van der Waals surface area (Å²) in [5.74, 6) is 0.455. The van der Waals surface area contributed by atoms with E-state index in [4.69, 9.17) is 17.3 Å². The van der Waals surface area contributed by atoms with Crippen molar-refractivity contribution in [2.75, 3.05) is 5.73 Å².